The molecule has 1 fully saturated rings. The zero-order chi connectivity index (χ0) is 15.9. The predicted molar refractivity (Wildman–Crippen MR) is 77.3 cm³/mol. The predicted octanol–water partition coefficient (Wildman–Crippen LogP) is 0.723. The van der Waals surface area contributed by atoms with Crippen LogP contribution < -0.4 is 10.1 Å². The molecule has 0 saturated heterocycles. The van der Waals surface area contributed by atoms with Crippen molar-refractivity contribution in [1.29, 1.82) is 0 Å². The van der Waals surface area contributed by atoms with Crippen LogP contribution in [0.1, 0.15) is 32.1 Å². The molecule has 0 unspecified atom stereocenters. The summed E-state index contributed by atoms with van der Waals surface area (Å²) in [6.07, 6.45) is 3.80. The van der Waals surface area contributed by atoms with Gasteiger partial charge in [-0.15, -0.1) is 0 Å². The number of aliphatic hydroxyl groups excluding tert-OH is 1. The summed E-state index contributed by atoms with van der Waals surface area (Å²) in [5.74, 6) is -0.810. The summed E-state index contributed by atoms with van der Waals surface area (Å²) < 4.78 is 5.72. The van der Waals surface area contributed by atoms with Gasteiger partial charge in [0.25, 0.3) is 0 Å². The molecule has 3 N–H and O–H groups in total. The van der Waals surface area contributed by atoms with Gasteiger partial charge in [0.2, 0.25) is 5.91 Å². The summed E-state index contributed by atoms with van der Waals surface area (Å²) in [5, 5.41) is 21.6. The second-order valence-electron chi connectivity index (χ2n) is 5.33. The third-order valence-corrected chi connectivity index (χ3v) is 3.63. The summed E-state index contributed by atoms with van der Waals surface area (Å²) in [4.78, 5) is 26.1. The average Bonchev–Trinajstić information content (AvgIpc) is 2.50. The first-order chi connectivity index (χ1) is 10.6. The number of rotatable bonds is 6. The molecule has 22 heavy (non-hydrogen) atoms. The Morgan fingerprint density at radius 2 is 2.18 bits per heavy atom. The van der Waals surface area contributed by atoms with Crippen molar-refractivity contribution in [3.8, 4) is 5.75 Å². The molecule has 1 aromatic rings. The first-order valence-corrected chi connectivity index (χ1v) is 7.32. The van der Waals surface area contributed by atoms with Crippen LogP contribution in [0.15, 0.2) is 24.5 Å². The van der Waals surface area contributed by atoms with Gasteiger partial charge in [-0.3, -0.25) is 14.6 Å². The minimum Gasteiger partial charge on any atom is -0.486 e. The normalized spacial score (nSPS) is 24.5. The highest BCUT2D eigenvalue weighted by Crippen LogP contribution is 2.24. The van der Waals surface area contributed by atoms with Crippen molar-refractivity contribution >= 4 is 11.9 Å². The van der Waals surface area contributed by atoms with Gasteiger partial charge in [0.1, 0.15) is 18.0 Å². The largest absolute Gasteiger partial charge is 0.486 e. The molecule has 0 aliphatic heterocycles. The maximum Gasteiger partial charge on any atom is 0.303 e. The molecule has 1 heterocycles. The Bertz CT molecular complexity index is 508. The topological polar surface area (TPSA) is 109 Å². The van der Waals surface area contributed by atoms with E-state index in [1.165, 1.54) is 0 Å². The highest BCUT2D eigenvalue weighted by atomic mass is 16.5. The van der Waals surface area contributed by atoms with Gasteiger partial charge in [-0.2, -0.15) is 0 Å². The van der Waals surface area contributed by atoms with Gasteiger partial charge >= 0.3 is 5.97 Å². The van der Waals surface area contributed by atoms with Crippen LogP contribution in [0.25, 0.3) is 0 Å². The van der Waals surface area contributed by atoms with Crippen LogP contribution in [0, 0.1) is 0 Å². The fourth-order valence-corrected chi connectivity index (χ4v) is 2.52. The molecule has 1 saturated carbocycles. The van der Waals surface area contributed by atoms with Crippen LogP contribution in [0.4, 0.5) is 0 Å². The van der Waals surface area contributed by atoms with Crippen LogP contribution in [0.5, 0.6) is 5.75 Å². The third kappa shape index (κ3) is 4.70. The standard InChI is InChI=1S/C15H20N2O5/c18-13(6-7-14(19)20)17-11-4-1-5-12(15(11)21)22-10-3-2-8-16-9-10/h2-3,8-9,11-12,15,21H,1,4-7H2,(H,17,18)(H,19,20)/t11-,12-,15-/m1/s1. The van der Waals surface area contributed by atoms with Crippen LogP contribution in [0.2, 0.25) is 0 Å². The molecule has 0 radical (unpaired) electrons. The van der Waals surface area contributed by atoms with E-state index in [1.54, 1.807) is 24.5 Å². The molecule has 7 heteroatoms. The Kier molecular flexibility index (Phi) is 5.71. The van der Waals surface area contributed by atoms with E-state index in [0.29, 0.717) is 18.6 Å². The lowest BCUT2D eigenvalue weighted by molar-refractivity contribution is -0.139. The lowest BCUT2D eigenvalue weighted by Crippen LogP contribution is -2.52. The van der Waals surface area contributed by atoms with Gasteiger partial charge in [-0.1, -0.05) is 0 Å². The SMILES string of the molecule is O=C(O)CCC(=O)N[C@@H]1CCC[C@@H](Oc2cccnc2)[C@@H]1O. The van der Waals surface area contributed by atoms with Crippen molar-refractivity contribution in [3.63, 3.8) is 0 Å². The van der Waals surface area contributed by atoms with Crippen LogP contribution in [-0.4, -0.2) is 45.3 Å². The number of ether oxygens (including phenoxy) is 1. The number of aliphatic hydroxyl groups is 1. The van der Waals surface area contributed by atoms with Crippen molar-refractivity contribution in [3.05, 3.63) is 24.5 Å². The van der Waals surface area contributed by atoms with E-state index in [1.807, 2.05) is 0 Å². The first-order valence-electron chi connectivity index (χ1n) is 7.32. The Morgan fingerprint density at radius 1 is 1.36 bits per heavy atom. The van der Waals surface area contributed by atoms with E-state index in [-0.39, 0.29) is 18.7 Å². The molecule has 0 spiro atoms. The first kappa shape index (κ1) is 16.2. The summed E-state index contributed by atoms with van der Waals surface area (Å²) in [5.41, 5.74) is 0. The van der Waals surface area contributed by atoms with Gasteiger partial charge in [0.05, 0.1) is 18.7 Å². The molecular formula is C15H20N2O5. The maximum absolute atomic E-state index is 11.7. The van der Waals surface area contributed by atoms with E-state index < -0.39 is 24.2 Å². The van der Waals surface area contributed by atoms with Gasteiger partial charge in [0.15, 0.2) is 0 Å². The molecule has 1 aliphatic rings. The van der Waals surface area contributed by atoms with Gasteiger partial charge in [-0.05, 0) is 31.4 Å². The molecule has 7 nitrogen and oxygen atoms in total. The number of carbonyl (C=O) groups excluding carboxylic acids is 1. The number of pyridine rings is 1. The summed E-state index contributed by atoms with van der Waals surface area (Å²) in [6.45, 7) is 0. The lowest BCUT2D eigenvalue weighted by Gasteiger charge is -2.35. The number of carboxylic acids is 1. The molecule has 0 bridgehead atoms. The molecule has 0 aromatic carbocycles. The molecular weight excluding hydrogens is 288 g/mol. The van der Waals surface area contributed by atoms with Gasteiger partial charge in [0, 0.05) is 12.6 Å². The molecule has 1 aliphatic carbocycles. The van der Waals surface area contributed by atoms with Crippen molar-refractivity contribution in [1.82, 2.24) is 10.3 Å². The summed E-state index contributed by atoms with van der Waals surface area (Å²) >= 11 is 0. The monoisotopic (exact) mass is 308 g/mol. The number of carboxylic acid groups (broad SMARTS) is 1. The Hall–Kier alpha value is -2.15. The molecule has 1 amide bonds. The average molecular weight is 308 g/mol. The van der Waals surface area contributed by atoms with Crippen molar-refractivity contribution in [2.75, 3.05) is 0 Å². The number of nitrogens with zero attached hydrogens (tertiary/aromatic N) is 1. The minimum atomic E-state index is -1.02. The zero-order valence-electron chi connectivity index (χ0n) is 12.1. The molecule has 3 atom stereocenters. The molecule has 2 rings (SSSR count). The molecule has 1 aromatic heterocycles. The Morgan fingerprint density at radius 3 is 2.86 bits per heavy atom. The van der Waals surface area contributed by atoms with Crippen LogP contribution >= 0.6 is 0 Å². The number of carbonyl (C=O) groups is 2. The number of amides is 1. The highest BCUT2D eigenvalue weighted by Gasteiger charge is 2.34. The van der Waals surface area contributed by atoms with Crippen molar-refractivity contribution < 1.29 is 24.5 Å². The number of nitrogens with one attached hydrogen (secondary N) is 1. The zero-order valence-corrected chi connectivity index (χ0v) is 12.1. The summed E-state index contributed by atoms with van der Waals surface area (Å²) in [6, 6.07) is 3.08. The van der Waals surface area contributed by atoms with Gasteiger partial charge < -0.3 is 20.3 Å². The van der Waals surface area contributed by atoms with Crippen molar-refractivity contribution in [2.24, 2.45) is 0 Å². The minimum absolute atomic E-state index is 0.0906. The quantitative estimate of drug-likeness (QED) is 0.714. The Labute approximate surface area is 128 Å². The van der Waals surface area contributed by atoms with E-state index in [2.05, 4.69) is 10.3 Å². The second kappa shape index (κ2) is 7.74. The number of hydrogen-bond acceptors (Lipinski definition) is 5. The van der Waals surface area contributed by atoms with E-state index in [4.69, 9.17) is 9.84 Å². The third-order valence-electron chi connectivity index (χ3n) is 3.63. The fraction of sp³-hybridized carbons (Fsp3) is 0.533. The number of aliphatic carboxylic acids is 1. The fourth-order valence-electron chi connectivity index (χ4n) is 2.52. The van der Waals surface area contributed by atoms with Crippen LogP contribution in [-0.2, 0) is 9.59 Å². The second-order valence-corrected chi connectivity index (χ2v) is 5.33. The Balaban J connectivity index is 1.88. The highest BCUT2D eigenvalue weighted by molar-refractivity contribution is 5.80. The van der Waals surface area contributed by atoms with E-state index in [0.717, 1.165) is 6.42 Å². The van der Waals surface area contributed by atoms with E-state index in [9.17, 15) is 14.7 Å². The van der Waals surface area contributed by atoms with Gasteiger partial charge in [-0.25, -0.2) is 0 Å². The lowest BCUT2D eigenvalue weighted by atomic mass is 9.89. The smallest absolute Gasteiger partial charge is 0.303 e. The van der Waals surface area contributed by atoms with E-state index >= 15 is 0 Å². The molecule has 120 valence electrons. The van der Waals surface area contributed by atoms with Crippen molar-refractivity contribution in [2.45, 2.75) is 50.4 Å². The number of hydrogen-bond donors (Lipinski definition) is 3. The maximum atomic E-state index is 11.7. The summed E-state index contributed by atoms with van der Waals surface area (Å²) in [7, 11) is 0. The number of aromatic nitrogens is 1. The van der Waals surface area contributed by atoms with Crippen LogP contribution in [0.3, 0.4) is 0 Å².